The van der Waals surface area contributed by atoms with Crippen LogP contribution in [0.2, 0.25) is 0 Å². The minimum Gasteiger partial charge on any atom is -0.340 e. The highest BCUT2D eigenvalue weighted by Crippen LogP contribution is 2.57. The van der Waals surface area contributed by atoms with Crippen LogP contribution >= 0.6 is 7.60 Å². The van der Waals surface area contributed by atoms with E-state index in [-0.39, 0.29) is 11.1 Å². The van der Waals surface area contributed by atoms with Crippen molar-refractivity contribution in [1.29, 1.82) is 5.26 Å². The van der Waals surface area contributed by atoms with Crippen LogP contribution in [0, 0.1) is 11.3 Å². The molecule has 0 saturated carbocycles. The summed E-state index contributed by atoms with van der Waals surface area (Å²) in [6, 6.07) is 7.62. The average Bonchev–Trinajstić information content (AvgIpc) is 2.30. The Morgan fingerprint density at radius 2 is 1.94 bits per heavy atom. The fourth-order valence-electron chi connectivity index (χ4n) is 1.51. The lowest BCUT2D eigenvalue weighted by atomic mass is 10.1. The third-order valence-electron chi connectivity index (χ3n) is 2.29. The second kappa shape index (κ2) is 4.96. The van der Waals surface area contributed by atoms with Crippen molar-refractivity contribution in [1.82, 2.24) is 0 Å². The molecule has 0 spiro atoms. The van der Waals surface area contributed by atoms with Crippen molar-refractivity contribution in [2.45, 2.75) is 5.53 Å². The number of hydrogen-bond acceptors (Lipinski definition) is 4. The van der Waals surface area contributed by atoms with Crippen molar-refractivity contribution in [3.05, 3.63) is 35.4 Å². The first-order valence-corrected chi connectivity index (χ1v) is 6.19. The van der Waals surface area contributed by atoms with E-state index >= 15 is 0 Å². The van der Waals surface area contributed by atoms with Crippen LogP contribution in [0.25, 0.3) is 0 Å². The Morgan fingerprint density at radius 3 is 2.35 bits per heavy atom. The molecule has 0 atom stereocenters. The summed E-state index contributed by atoms with van der Waals surface area (Å²) in [5.74, 6) is 0. The lowest BCUT2D eigenvalue weighted by Gasteiger charge is -2.31. The Hall–Kier alpha value is -1.22. The van der Waals surface area contributed by atoms with Gasteiger partial charge in [-0.3, -0.25) is 4.57 Å². The molecule has 0 radical (unpaired) electrons. The van der Waals surface area contributed by atoms with Crippen LogP contribution in [-0.4, -0.2) is 24.0 Å². The fraction of sp³-hybridized carbons (Fsp3) is 0.300. The first-order valence-electron chi connectivity index (χ1n) is 4.58. The van der Waals surface area contributed by atoms with Crippen molar-refractivity contribution < 1.29 is 23.8 Å². The molecule has 0 aliphatic rings. The van der Waals surface area contributed by atoms with E-state index < -0.39 is 13.1 Å². The predicted molar refractivity (Wildman–Crippen MR) is 58.9 cm³/mol. The molecule has 0 aliphatic carbocycles. The summed E-state index contributed by atoms with van der Waals surface area (Å²) in [7, 11) is -2.46. The molecule has 2 N–H and O–H groups in total. The second-order valence-corrected chi connectivity index (χ2v) is 4.90. The van der Waals surface area contributed by atoms with Gasteiger partial charge in [-0.1, -0.05) is 12.1 Å². The van der Waals surface area contributed by atoms with Gasteiger partial charge < -0.3 is 19.3 Å². The van der Waals surface area contributed by atoms with Gasteiger partial charge in [0.15, 0.2) is 0 Å². The molecule has 0 aliphatic heterocycles. The first kappa shape index (κ1) is 13.8. The summed E-state index contributed by atoms with van der Waals surface area (Å²) >= 11 is 0. The Bertz CT molecular complexity index is 486. The van der Waals surface area contributed by atoms with E-state index in [1.165, 1.54) is 24.3 Å². The molecule has 1 rings (SSSR count). The van der Waals surface area contributed by atoms with E-state index in [9.17, 15) is 14.4 Å². The highest BCUT2D eigenvalue weighted by atomic mass is 31.2. The second-order valence-electron chi connectivity index (χ2n) is 3.23. The number of hydrogen-bond donors (Lipinski definition) is 2. The van der Waals surface area contributed by atoms with E-state index in [4.69, 9.17) is 14.7 Å². The first-order chi connectivity index (χ1) is 7.91. The lowest BCUT2D eigenvalue weighted by Crippen LogP contribution is -2.30. The highest BCUT2D eigenvalue weighted by molar-refractivity contribution is 7.52. The molecular formula is C10H12NO5P. The molecule has 17 heavy (non-hydrogen) atoms. The lowest BCUT2D eigenvalue weighted by molar-refractivity contribution is -0.162. The molecule has 92 valence electrons. The molecule has 0 saturated heterocycles. The monoisotopic (exact) mass is 257 g/mol. The van der Waals surface area contributed by atoms with Crippen LogP contribution < -0.4 is 0 Å². The van der Waals surface area contributed by atoms with Crippen LogP contribution in [0.15, 0.2) is 24.3 Å². The molecule has 1 aromatic rings. The standard InChI is InChI=1S/C10H12NO5P/c1-15-10(16-2,17(12,13)14)9-5-3-4-8(6-9)7-11/h3-6H,1-2H3,(H2,12,13,14). The summed E-state index contributed by atoms with van der Waals surface area (Å²) in [6.07, 6.45) is 0. The largest absolute Gasteiger partial charge is 0.389 e. The van der Waals surface area contributed by atoms with Gasteiger partial charge in [-0.25, -0.2) is 0 Å². The highest BCUT2D eigenvalue weighted by Gasteiger charge is 2.50. The van der Waals surface area contributed by atoms with Crippen LogP contribution in [0.5, 0.6) is 0 Å². The zero-order valence-corrected chi connectivity index (χ0v) is 10.2. The predicted octanol–water partition coefficient (Wildman–Crippen LogP) is 1.14. The summed E-state index contributed by atoms with van der Waals surface area (Å²) in [6.45, 7) is 0. The van der Waals surface area contributed by atoms with Crippen LogP contribution in [-0.2, 0) is 19.6 Å². The Balaban J connectivity index is 3.43. The van der Waals surface area contributed by atoms with E-state index in [1.54, 1.807) is 0 Å². The number of nitrogens with zero attached hydrogens (tertiary/aromatic N) is 1. The quantitative estimate of drug-likeness (QED) is 0.619. The van der Waals surface area contributed by atoms with Gasteiger partial charge in [-0.05, 0) is 12.1 Å². The molecule has 7 heteroatoms. The van der Waals surface area contributed by atoms with Gasteiger partial charge in [0.05, 0.1) is 11.6 Å². The Kier molecular flexibility index (Phi) is 4.04. The SMILES string of the molecule is COC(OC)(c1cccc(C#N)c1)P(=O)(O)O. The zero-order valence-electron chi connectivity index (χ0n) is 9.32. The molecule has 0 aromatic heterocycles. The summed E-state index contributed by atoms with van der Waals surface area (Å²) in [5.41, 5.74) is -1.83. The number of benzene rings is 1. The number of nitriles is 1. The molecule has 6 nitrogen and oxygen atoms in total. The molecule has 0 heterocycles. The fourth-order valence-corrected chi connectivity index (χ4v) is 2.46. The molecule has 0 unspecified atom stereocenters. The third kappa shape index (κ3) is 2.39. The maximum atomic E-state index is 11.5. The minimum atomic E-state index is -4.71. The number of methoxy groups -OCH3 is 2. The maximum absolute atomic E-state index is 11.5. The van der Waals surface area contributed by atoms with Crippen LogP contribution in [0.1, 0.15) is 11.1 Å². The van der Waals surface area contributed by atoms with E-state index in [2.05, 4.69) is 0 Å². The smallest absolute Gasteiger partial charge is 0.340 e. The van der Waals surface area contributed by atoms with Gasteiger partial charge >= 0.3 is 7.60 Å². The van der Waals surface area contributed by atoms with E-state index in [0.29, 0.717) is 0 Å². The number of rotatable bonds is 4. The third-order valence-corrected chi connectivity index (χ3v) is 3.68. The minimum absolute atomic E-state index is 0.0925. The van der Waals surface area contributed by atoms with Gasteiger partial charge in [0.25, 0.3) is 5.53 Å². The van der Waals surface area contributed by atoms with Crippen molar-refractivity contribution in [2.24, 2.45) is 0 Å². The van der Waals surface area contributed by atoms with Gasteiger partial charge in [-0.15, -0.1) is 0 Å². The zero-order chi connectivity index (χ0) is 13.1. The van der Waals surface area contributed by atoms with Crippen molar-refractivity contribution in [3.8, 4) is 6.07 Å². The summed E-state index contributed by atoms with van der Waals surface area (Å²) < 4.78 is 21.2. The van der Waals surface area contributed by atoms with Crippen molar-refractivity contribution in [3.63, 3.8) is 0 Å². The van der Waals surface area contributed by atoms with Gasteiger partial charge in [0.2, 0.25) is 0 Å². The van der Waals surface area contributed by atoms with Gasteiger partial charge in [-0.2, -0.15) is 5.26 Å². The maximum Gasteiger partial charge on any atom is 0.389 e. The summed E-state index contributed by atoms with van der Waals surface area (Å²) in [4.78, 5) is 18.6. The van der Waals surface area contributed by atoms with Crippen molar-refractivity contribution >= 4 is 7.60 Å². The summed E-state index contributed by atoms with van der Waals surface area (Å²) in [5, 5.41) is 8.75. The van der Waals surface area contributed by atoms with Crippen molar-refractivity contribution in [2.75, 3.05) is 14.2 Å². The average molecular weight is 257 g/mol. The van der Waals surface area contributed by atoms with E-state index in [1.807, 2.05) is 6.07 Å². The molecule has 0 bridgehead atoms. The molecule has 1 aromatic carbocycles. The Labute approximate surface area is 98.6 Å². The van der Waals surface area contributed by atoms with Crippen LogP contribution in [0.4, 0.5) is 0 Å². The number of ether oxygens (including phenoxy) is 2. The molecule has 0 amide bonds. The van der Waals surface area contributed by atoms with Gasteiger partial charge in [0.1, 0.15) is 0 Å². The van der Waals surface area contributed by atoms with E-state index in [0.717, 1.165) is 14.2 Å². The van der Waals surface area contributed by atoms with Crippen LogP contribution in [0.3, 0.4) is 0 Å². The molecule has 0 fully saturated rings. The molecular weight excluding hydrogens is 245 g/mol. The topological polar surface area (TPSA) is 99.8 Å². The Morgan fingerprint density at radius 1 is 1.35 bits per heavy atom. The van der Waals surface area contributed by atoms with Gasteiger partial charge in [0, 0.05) is 19.8 Å². The normalized spacial score (nSPS) is 12.2.